The summed E-state index contributed by atoms with van der Waals surface area (Å²) in [4.78, 5) is 4.04. The maximum absolute atomic E-state index is 14.2. The molecule has 118 valence electrons. The van der Waals surface area contributed by atoms with E-state index in [-0.39, 0.29) is 10.8 Å². The fourth-order valence-electron chi connectivity index (χ4n) is 2.36. The van der Waals surface area contributed by atoms with Gasteiger partial charge in [0.05, 0.1) is 11.3 Å². The predicted octanol–water partition coefficient (Wildman–Crippen LogP) is 5.57. The summed E-state index contributed by atoms with van der Waals surface area (Å²) >= 11 is 11.9. The summed E-state index contributed by atoms with van der Waals surface area (Å²) in [7, 11) is 0. The van der Waals surface area contributed by atoms with Crippen molar-refractivity contribution >= 4 is 23.2 Å². The Morgan fingerprint density at radius 2 is 1.52 bits per heavy atom. The zero-order valence-electron chi connectivity index (χ0n) is 11.7. The van der Waals surface area contributed by atoms with Crippen molar-refractivity contribution in [1.82, 2.24) is 9.55 Å². The molecule has 0 aliphatic carbocycles. The third kappa shape index (κ3) is 2.71. The second kappa shape index (κ2) is 5.91. The van der Waals surface area contributed by atoms with Crippen LogP contribution in [-0.2, 0) is 0 Å². The Morgan fingerprint density at radius 3 is 2.17 bits per heavy atom. The van der Waals surface area contributed by atoms with Crippen LogP contribution in [0.15, 0.2) is 36.4 Å². The van der Waals surface area contributed by atoms with E-state index in [4.69, 9.17) is 23.2 Å². The Hall–Kier alpha value is -1.98. The molecule has 0 radical (unpaired) electrons. The molecular weight excluding hydrogens is 348 g/mol. The van der Waals surface area contributed by atoms with Gasteiger partial charge in [-0.3, -0.25) is 4.57 Å². The van der Waals surface area contributed by atoms with Crippen LogP contribution in [0, 0.1) is 24.4 Å². The molecule has 3 rings (SSSR count). The Kier molecular flexibility index (Phi) is 4.08. The molecule has 0 saturated carbocycles. The van der Waals surface area contributed by atoms with Crippen molar-refractivity contribution in [2.45, 2.75) is 6.92 Å². The maximum Gasteiger partial charge on any atom is 0.171 e. The van der Waals surface area contributed by atoms with E-state index < -0.39 is 23.0 Å². The Morgan fingerprint density at radius 1 is 0.913 bits per heavy atom. The van der Waals surface area contributed by atoms with Crippen LogP contribution in [0.4, 0.5) is 13.2 Å². The topological polar surface area (TPSA) is 17.8 Å². The number of aryl methyl sites for hydroxylation is 1. The molecule has 0 atom stereocenters. The molecule has 0 saturated heterocycles. The Labute approximate surface area is 140 Å². The maximum atomic E-state index is 14.2. The highest BCUT2D eigenvalue weighted by atomic mass is 35.5. The number of rotatable bonds is 2. The molecule has 23 heavy (non-hydrogen) atoms. The average molecular weight is 357 g/mol. The Balaban J connectivity index is 2.34. The molecule has 0 aliphatic heterocycles. The standard InChI is InChI=1S/C16H9Cl2F3N2/c1-8-22-16(18)15(13-11(19)6-7-12(20)14(13)21)23(8)10-4-2-9(17)3-5-10/h2-7H,1H3. The first-order chi connectivity index (χ1) is 10.9. The number of nitrogens with zero attached hydrogens (tertiary/aromatic N) is 2. The van der Waals surface area contributed by atoms with E-state index in [9.17, 15) is 13.2 Å². The summed E-state index contributed by atoms with van der Waals surface area (Å²) in [5.41, 5.74) is -0.0732. The van der Waals surface area contributed by atoms with Gasteiger partial charge in [-0.05, 0) is 43.3 Å². The monoisotopic (exact) mass is 356 g/mol. The van der Waals surface area contributed by atoms with Gasteiger partial charge in [0.15, 0.2) is 16.8 Å². The average Bonchev–Trinajstić information content (AvgIpc) is 2.79. The quantitative estimate of drug-likeness (QED) is 0.548. The molecule has 1 aromatic heterocycles. The zero-order valence-corrected chi connectivity index (χ0v) is 13.3. The van der Waals surface area contributed by atoms with E-state index in [1.165, 1.54) is 4.57 Å². The highest BCUT2D eigenvalue weighted by molar-refractivity contribution is 6.32. The SMILES string of the molecule is Cc1nc(Cl)c(-c2c(F)ccc(F)c2F)n1-c1ccc(Cl)cc1. The number of aromatic nitrogens is 2. The smallest absolute Gasteiger partial charge is 0.171 e. The summed E-state index contributed by atoms with van der Waals surface area (Å²) in [5.74, 6) is -3.02. The number of hydrogen-bond acceptors (Lipinski definition) is 1. The summed E-state index contributed by atoms with van der Waals surface area (Å²) in [6.45, 7) is 1.62. The largest absolute Gasteiger partial charge is 0.295 e. The second-order valence-corrected chi connectivity index (χ2v) is 5.62. The van der Waals surface area contributed by atoms with Crippen molar-refractivity contribution in [1.29, 1.82) is 0 Å². The van der Waals surface area contributed by atoms with E-state index in [1.807, 2.05) is 0 Å². The highest BCUT2D eigenvalue weighted by Crippen LogP contribution is 2.36. The van der Waals surface area contributed by atoms with Crippen LogP contribution >= 0.6 is 23.2 Å². The van der Waals surface area contributed by atoms with Gasteiger partial charge in [0.1, 0.15) is 11.6 Å². The van der Waals surface area contributed by atoms with Crippen molar-refractivity contribution < 1.29 is 13.2 Å². The van der Waals surface area contributed by atoms with Gasteiger partial charge in [0.2, 0.25) is 0 Å². The van der Waals surface area contributed by atoms with Crippen molar-refractivity contribution in [3.05, 3.63) is 69.9 Å². The lowest BCUT2D eigenvalue weighted by atomic mass is 10.1. The zero-order chi connectivity index (χ0) is 16.7. The number of benzene rings is 2. The molecule has 0 N–H and O–H groups in total. The van der Waals surface area contributed by atoms with Gasteiger partial charge in [0, 0.05) is 10.7 Å². The first-order valence-electron chi connectivity index (χ1n) is 6.54. The first-order valence-corrected chi connectivity index (χ1v) is 7.30. The summed E-state index contributed by atoms with van der Waals surface area (Å²) in [6.07, 6.45) is 0. The van der Waals surface area contributed by atoms with Crippen LogP contribution in [-0.4, -0.2) is 9.55 Å². The molecule has 2 nitrogen and oxygen atoms in total. The van der Waals surface area contributed by atoms with Crippen LogP contribution < -0.4 is 0 Å². The van der Waals surface area contributed by atoms with Crippen LogP contribution in [0.5, 0.6) is 0 Å². The molecule has 7 heteroatoms. The second-order valence-electron chi connectivity index (χ2n) is 4.83. The normalized spacial score (nSPS) is 11.0. The van der Waals surface area contributed by atoms with Gasteiger partial charge in [-0.15, -0.1) is 0 Å². The molecule has 0 fully saturated rings. The number of halogens is 5. The van der Waals surface area contributed by atoms with Crippen molar-refractivity contribution in [3.8, 4) is 16.9 Å². The van der Waals surface area contributed by atoms with E-state index in [0.717, 1.165) is 12.1 Å². The Bertz CT molecular complexity index is 889. The van der Waals surface area contributed by atoms with E-state index in [2.05, 4.69) is 4.98 Å². The van der Waals surface area contributed by atoms with E-state index in [1.54, 1.807) is 31.2 Å². The molecule has 1 heterocycles. The highest BCUT2D eigenvalue weighted by Gasteiger charge is 2.24. The van der Waals surface area contributed by atoms with Gasteiger partial charge in [0.25, 0.3) is 0 Å². The van der Waals surface area contributed by atoms with Gasteiger partial charge in [-0.1, -0.05) is 23.2 Å². The fourth-order valence-corrected chi connectivity index (χ4v) is 2.79. The van der Waals surface area contributed by atoms with Crippen molar-refractivity contribution in [3.63, 3.8) is 0 Å². The minimum Gasteiger partial charge on any atom is -0.295 e. The molecule has 0 aliphatic rings. The van der Waals surface area contributed by atoms with Gasteiger partial charge >= 0.3 is 0 Å². The minimum atomic E-state index is -1.32. The van der Waals surface area contributed by atoms with Crippen molar-refractivity contribution in [2.75, 3.05) is 0 Å². The molecule has 2 aromatic carbocycles. The molecular formula is C16H9Cl2F3N2. The van der Waals surface area contributed by atoms with Crippen LogP contribution in [0.3, 0.4) is 0 Å². The third-order valence-corrected chi connectivity index (χ3v) is 3.88. The fraction of sp³-hybridized carbons (Fsp3) is 0.0625. The minimum absolute atomic E-state index is 0.0546. The van der Waals surface area contributed by atoms with Crippen molar-refractivity contribution in [2.24, 2.45) is 0 Å². The molecule has 3 aromatic rings. The lowest BCUT2D eigenvalue weighted by Crippen LogP contribution is -2.03. The van der Waals surface area contributed by atoms with Gasteiger partial charge in [-0.2, -0.15) is 0 Å². The van der Waals surface area contributed by atoms with Crippen LogP contribution in [0.1, 0.15) is 5.82 Å². The molecule has 0 spiro atoms. The van der Waals surface area contributed by atoms with E-state index in [0.29, 0.717) is 16.5 Å². The van der Waals surface area contributed by atoms with Gasteiger partial charge in [-0.25, -0.2) is 18.2 Å². The summed E-state index contributed by atoms with van der Waals surface area (Å²) < 4.78 is 43.3. The molecule has 0 unspecified atom stereocenters. The lowest BCUT2D eigenvalue weighted by Gasteiger charge is -2.12. The number of hydrogen-bond donors (Lipinski definition) is 0. The lowest BCUT2D eigenvalue weighted by molar-refractivity contribution is 0.498. The van der Waals surface area contributed by atoms with Crippen LogP contribution in [0.2, 0.25) is 10.2 Å². The molecule has 0 bridgehead atoms. The predicted molar refractivity (Wildman–Crippen MR) is 83.6 cm³/mol. The van der Waals surface area contributed by atoms with Gasteiger partial charge < -0.3 is 0 Å². The summed E-state index contributed by atoms with van der Waals surface area (Å²) in [6, 6.07) is 8.09. The van der Waals surface area contributed by atoms with E-state index >= 15 is 0 Å². The molecule has 0 amide bonds. The summed E-state index contributed by atoms with van der Waals surface area (Å²) in [5, 5.41) is 0.378. The first kappa shape index (κ1) is 15.9. The third-order valence-electron chi connectivity index (χ3n) is 3.37. The van der Waals surface area contributed by atoms with Crippen LogP contribution in [0.25, 0.3) is 16.9 Å². The number of imidazole rings is 1.